The zero-order valence-electron chi connectivity index (χ0n) is 11.1. The van der Waals surface area contributed by atoms with Crippen LogP contribution in [-0.2, 0) is 19.1 Å². The van der Waals surface area contributed by atoms with Crippen LogP contribution in [0.1, 0.15) is 20.3 Å². The lowest BCUT2D eigenvalue weighted by Crippen LogP contribution is -2.47. The Hall–Kier alpha value is -1.14. The van der Waals surface area contributed by atoms with E-state index in [4.69, 9.17) is 14.6 Å². The first-order valence-corrected chi connectivity index (χ1v) is 6.05. The first-order chi connectivity index (χ1) is 8.42. The number of carbonyl (C=O) groups is 2. The van der Waals surface area contributed by atoms with Crippen LogP contribution in [-0.4, -0.2) is 49.5 Å². The molecule has 1 rings (SSSR count). The number of carboxylic acids is 1. The second-order valence-corrected chi connectivity index (χ2v) is 4.82. The molecular weight excluding hydrogens is 238 g/mol. The fraction of sp³-hybridized carbons (Fsp3) is 0.833. The lowest BCUT2D eigenvalue weighted by molar-refractivity contribution is -0.146. The zero-order chi connectivity index (χ0) is 13.8. The summed E-state index contributed by atoms with van der Waals surface area (Å²) < 4.78 is 10.6. The van der Waals surface area contributed by atoms with Crippen molar-refractivity contribution in [1.82, 2.24) is 5.32 Å². The molecule has 3 unspecified atom stereocenters. The van der Waals surface area contributed by atoms with Crippen molar-refractivity contribution in [3.05, 3.63) is 0 Å². The van der Waals surface area contributed by atoms with E-state index in [1.54, 1.807) is 14.0 Å². The second-order valence-electron chi connectivity index (χ2n) is 4.82. The minimum Gasteiger partial charge on any atom is -0.481 e. The Kier molecular flexibility index (Phi) is 5.10. The summed E-state index contributed by atoms with van der Waals surface area (Å²) >= 11 is 0. The second kappa shape index (κ2) is 6.15. The maximum Gasteiger partial charge on any atom is 0.307 e. The summed E-state index contributed by atoms with van der Waals surface area (Å²) in [5, 5.41) is 11.6. The fourth-order valence-corrected chi connectivity index (χ4v) is 1.81. The first kappa shape index (κ1) is 14.9. The molecule has 0 aromatic heterocycles. The van der Waals surface area contributed by atoms with Gasteiger partial charge in [-0.3, -0.25) is 9.59 Å². The largest absolute Gasteiger partial charge is 0.481 e. The van der Waals surface area contributed by atoms with Gasteiger partial charge in [-0.2, -0.15) is 0 Å². The molecule has 0 radical (unpaired) electrons. The third kappa shape index (κ3) is 3.43. The Labute approximate surface area is 107 Å². The summed E-state index contributed by atoms with van der Waals surface area (Å²) in [4.78, 5) is 22.6. The lowest BCUT2D eigenvalue weighted by atomic mass is 9.94. The normalized spacial score (nSPS) is 26.6. The van der Waals surface area contributed by atoms with Gasteiger partial charge >= 0.3 is 5.97 Å². The molecule has 1 amide bonds. The van der Waals surface area contributed by atoms with E-state index in [0.717, 1.165) is 6.42 Å². The third-order valence-corrected chi connectivity index (χ3v) is 3.64. The highest BCUT2D eigenvalue weighted by atomic mass is 16.5. The average molecular weight is 259 g/mol. The van der Waals surface area contributed by atoms with Crippen LogP contribution in [0.3, 0.4) is 0 Å². The number of rotatable bonds is 6. The number of hydrogen-bond donors (Lipinski definition) is 2. The Morgan fingerprint density at radius 3 is 2.56 bits per heavy atom. The van der Waals surface area contributed by atoms with Gasteiger partial charge < -0.3 is 19.9 Å². The van der Waals surface area contributed by atoms with Crippen LogP contribution in [0.2, 0.25) is 0 Å². The van der Waals surface area contributed by atoms with E-state index in [1.165, 1.54) is 6.92 Å². The SMILES string of the molecule is COC1(CNC(=O)C(C)C(C)C(=O)O)CCOC1. The monoisotopic (exact) mass is 259 g/mol. The van der Waals surface area contributed by atoms with E-state index in [2.05, 4.69) is 5.32 Å². The van der Waals surface area contributed by atoms with Crippen LogP contribution in [0.15, 0.2) is 0 Å². The predicted octanol–water partition coefficient (Wildman–Crippen LogP) is 0.265. The van der Waals surface area contributed by atoms with Crippen LogP contribution in [0, 0.1) is 11.8 Å². The number of carboxylic acid groups (broad SMARTS) is 1. The number of aliphatic carboxylic acids is 1. The van der Waals surface area contributed by atoms with Crippen molar-refractivity contribution in [3.8, 4) is 0 Å². The first-order valence-electron chi connectivity index (χ1n) is 6.05. The zero-order valence-corrected chi connectivity index (χ0v) is 11.1. The van der Waals surface area contributed by atoms with Crippen LogP contribution in [0.5, 0.6) is 0 Å². The van der Waals surface area contributed by atoms with Gasteiger partial charge in [-0.1, -0.05) is 13.8 Å². The molecule has 1 heterocycles. The molecule has 1 saturated heterocycles. The van der Waals surface area contributed by atoms with Gasteiger partial charge in [0, 0.05) is 32.6 Å². The summed E-state index contributed by atoms with van der Waals surface area (Å²) in [5.41, 5.74) is -0.470. The Bertz CT molecular complexity index is 312. The van der Waals surface area contributed by atoms with Crippen LogP contribution in [0.25, 0.3) is 0 Å². The van der Waals surface area contributed by atoms with E-state index < -0.39 is 23.4 Å². The van der Waals surface area contributed by atoms with Gasteiger partial charge in [0.05, 0.1) is 12.5 Å². The molecule has 0 saturated carbocycles. The maximum absolute atomic E-state index is 11.8. The molecule has 0 aromatic rings. The maximum atomic E-state index is 11.8. The molecule has 104 valence electrons. The number of methoxy groups -OCH3 is 1. The number of ether oxygens (including phenoxy) is 2. The minimum absolute atomic E-state index is 0.270. The van der Waals surface area contributed by atoms with Gasteiger partial charge in [0.2, 0.25) is 5.91 Å². The van der Waals surface area contributed by atoms with Gasteiger partial charge in [-0.25, -0.2) is 0 Å². The van der Waals surface area contributed by atoms with E-state index in [-0.39, 0.29) is 5.91 Å². The molecule has 6 heteroatoms. The molecule has 1 aliphatic rings. The van der Waals surface area contributed by atoms with Crippen molar-refractivity contribution in [1.29, 1.82) is 0 Å². The van der Waals surface area contributed by atoms with Gasteiger partial charge in [-0.05, 0) is 0 Å². The molecule has 0 spiro atoms. The van der Waals surface area contributed by atoms with E-state index in [0.29, 0.717) is 19.8 Å². The van der Waals surface area contributed by atoms with E-state index in [9.17, 15) is 9.59 Å². The van der Waals surface area contributed by atoms with E-state index in [1.807, 2.05) is 0 Å². The van der Waals surface area contributed by atoms with Crippen molar-refractivity contribution < 1.29 is 24.2 Å². The van der Waals surface area contributed by atoms with Crippen LogP contribution >= 0.6 is 0 Å². The Balaban J connectivity index is 2.47. The molecule has 0 aliphatic carbocycles. The number of hydrogen-bond acceptors (Lipinski definition) is 4. The van der Waals surface area contributed by atoms with Gasteiger partial charge in [0.1, 0.15) is 5.60 Å². The average Bonchev–Trinajstić information content (AvgIpc) is 2.83. The highest BCUT2D eigenvalue weighted by Crippen LogP contribution is 2.21. The van der Waals surface area contributed by atoms with Crippen molar-refractivity contribution in [2.45, 2.75) is 25.9 Å². The summed E-state index contributed by atoms with van der Waals surface area (Å²) in [6.45, 7) is 4.55. The molecule has 0 aromatic carbocycles. The van der Waals surface area contributed by atoms with Crippen LogP contribution < -0.4 is 5.32 Å². The summed E-state index contributed by atoms with van der Waals surface area (Å²) in [6.07, 6.45) is 0.729. The molecule has 1 fully saturated rings. The summed E-state index contributed by atoms with van der Waals surface area (Å²) in [6, 6.07) is 0. The topological polar surface area (TPSA) is 84.9 Å². The summed E-state index contributed by atoms with van der Waals surface area (Å²) in [7, 11) is 1.59. The summed E-state index contributed by atoms with van der Waals surface area (Å²) in [5.74, 6) is -2.52. The molecule has 18 heavy (non-hydrogen) atoms. The lowest BCUT2D eigenvalue weighted by Gasteiger charge is -2.27. The van der Waals surface area contributed by atoms with Gasteiger partial charge in [-0.15, -0.1) is 0 Å². The predicted molar refractivity (Wildman–Crippen MR) is 64.1 cm³/mol. The van der Waals surface area contributed by atoms with Crippen molar-refractivity contribution >= 4 is 11.9 Å². The third-order valence-electron chi connectivity index (χ3n) is 3.64. The molecule has 3 atom stereocenters. The number of amides is 1. The number of carbonyl (C=O) groups excluding carboxylic acids is 1. The number of nitrogens with one attached hydrogen (secondary N) is 1. The van der Waals surface area contributed by atoms with Gasteiger partial charge in [0.25, 0.3) is 0 Å². The molecular formula is C12H21NO5. The highest BCUT2D eigenvalue weighted by molar-refractivity contribution is 5.84. The standard InChI is InChI=1S/C12H21NO5/c1-8(9(2)11(15)16)10(14)13-6-12(17-3)4-5-18-7-12/h8-9H,4-7H2,1-3H3,(H,13,14)(H,15,16). The van der Waals surface area contributed by atoms with Crippen molar-refractivity contribution in [3.63, 3.8) is 0 Å². The fourth-order valence-electron chi connectivity index (χ4n) is 1.81. The van der Waals surface area contributed by atoms with Crippen molar-refractivity contribution in [2.75, 3.05) is 26.9 Å². The van der Waals surface area contributed by atoms with Crippen LogP contribution in [0.4, 0.5) is 0 Å². The molecule has 2 N–H and O–H groups in total. The Morgan fingerprint density at radius 1 is 1.44 bits per heavy atom. The molecule has 6 nitrogen and oxygen atoms in total. The smallest absolute Gasteiger partial charge is 0.307 e. The quantitative estimate of drug-likeness (QED) is 0.715. The molecule has 0 bridgehead atoms. The minimum atomic E-state index is -0.969. The van der Waals surface area contributed by atoms with E-state index >= 15 is 0 Å². The highest BCUT2D eigenvalue weighted by Gasteiger charge is 2.36. The van der Waals surface area contributed by atoms with Gasteiger partial charge in [0.15, 0.2) is 0 Å². The Morgan fingerprint density at radius 2 is 2.11 bits per heavy atom. The molecule has 1 aliphatic heterocycles. The van der Waals surface area contributed by atoms with Crippen molar-refractivity contribution in [2.24, 2.45) is 11.8 Å².